The topological polar surface area (TPSA) is 76.4 Å². The number of ether oxygens (including phenoxy) is 1. The Morgan fingerprint density at radius 1 is 0.968 bits per heavy atom. The van der Waals surface area contributed by atoms with Crippen LogP contribution in [0.5, 0.6) is 5.75 Å². The zero-order valence-electron chi connectivity index (χ0n) is 17.6. The summed E-state index contributed by atoms with van der Waals surface area (Å²) in [6, 6.07) is 18.2. The third-order valence-electron chi connectivity index (χ3n) is 5.29. The number of thioether (sulfide) groups is 1. The van der Waals surface area contributed by atoms with Crippen LogP contribution in [-0.2, 0) is 17.9 Å². The van der Waals surface area contributed by atoms with Crippen LogP contribution < -0.4 is 4.74 Å². The smallest absolute Gasteiger partial charge is 0.233 e. The third kappa shape index (κ3) is 5.83. The van der Waals surface area contributed by atoms with Gasteiger partial charge in [-0.05, 0) is 33.7 Å². The van der Waals surface area contributed by atoms with E-state index in [1.54, 1.807) is 11.8 Å². The molecule has 1 aromatic heterocycles. The maximum absolute atomic E-state index is 12.7. The van der Waals surface area contributed by atoms with Crippen LogP contribution in [-0.4, -0.2) is 75.0 Å². The Labute approximate surface area is 186 Å². The molecule has 0 N–H and O–H groups in total. The second kappa shape index (κ2) is 10.4. The molecule has 162 valence electrons. The van der Waals surface area contributed by atoms with E-state index in [-0.39, 0.29) is 5.91 Å². The minimum Gasteiger partial charge on any atom is -0.497 e. The van der Waals surface area contributed by atoms with Crippen molar-refractivity contribution < 1.29 is 9.53 Å². The molecule has 2 aromatic carbocycles. The first kappa shape index (κ1) is 21.3. The van der Waals surface area contributed by atoms with Gasteiger partial charge in [0, 0.05) is 32.7 Å². The zero-order valence-corrected chi connectivity index (χ0v) is 18.4. The van der Waals surface area contributed by atoms with Crippen molar-refractivity contribution in [3.05, 3.63) is 65.7 Å². The fourth-order valence-electron chi connectivity index (χ4n) is 3.52. The lowest BCUT2D eigenvalue weighted by molar-refractivity contribution is -0.130. The minimum absolute atomic E-state index is 0.128. The van der Waals surface area contributed by atoms with Gasteiger partial charge in [-0.15, -0.1) is 5.10 Å². The Morgan fingerprint density at radius 3 is 2.39 bits per heavy atom. The van der Waals surface area contributed by atoms with E-state index in [1.165, 1.54) is 17.3 Å². The number of rotatable bonds is 8. The monoisotopic (exact) mass is 438 g/mol. The lowest BCUT2D eigenvalue weighted by atomic mass is 10.2. The van der Waals surface area contributed by atoms with Gasteiger partial charge in [0.2, 0.25) is 11.1 Å². The molecule has 1 saturated heterocycles. The number of amides is 1. The summed E-state index contributed by atoms with van der Waals surface area (Å²) in [5.74, 6) is 1.27. The SMILES string of the molecule is COc1ccc(Cn2nnnc2SCC(=O)N2CCN(Cc3ccccc3)CC2)cc1. The molecule has 0 bridgehead atoms. The molecule has 1 amide bonds. The number of carbonyl (C=O) groups is 1. The Balaban J connectivity index is 1.24. The van der Waals surface area contributed by atoms with Crippen LogP contribution in [0.2, 0.25) is 0 Å². The van der Waals surface area contributed by atoms with Gasteiger partial charge < -0.3 is 9.64 Å². The largest absolute Gasteiger partial charge is 0.497 e. The number of benzene rings is 2. The predicted octanol–water partition coefficient (Wildman–Crippen LogP) is 2.17. The van der Waals surface area contributed by atoms with Gasteiger partial charge in [0.15, 0.2) is 0 Å². The molecule has 4 rings (SSSR count). The zero-order chi connectivity index (χ0) is 21.5. The highest BCUT2D eigenvalue weighted by molar-refractivity contribution is 7.99. The van der Waals surface area contributed by atoms with E-state index in [2.05, 4.69) is 44.7 Å². The van der Waals surface area contributed by atoms with Crippen LogP contribution in [0, 0.1) is 0 Å². The van der Waals surface area contributed by atoms with Crippen LogP contribution in [0.4, 0.5) is 0 Å². The van der Waals surface area contributed by atoms with Gasteiger partial charge in [-0.3, -0.25) is 9.69 Å². The van der Waals surface area contributed by atoms with Crippen LogP contribution in [0.15, 0.2) is 59.8 Å². The van der Waals surface area contributed by atoms with Gasteiger partial charge in [-0.25, -0.2) is 4.68 Å². The summed E-state index contributed by atoms with van der Waals surface area (Å²) < 4.78 is 6.91. The molecule has 8 nitrogen and oxygen atoms in total. The van der Waals surface area contributed by atoms with Crippen molar-refractivity contribution >= 4 is 17.7 Å². The first-order valence-electron chi connectivity index (χ1n) is 10.3. The summed E-state index contributed by atoms with van der Waals surface area (Å²) in [5.41, 5.74) is 2.37. The minimum atomic E-state index is 0.128. The van der Waals surface area contributed by atoms with Gasteiger partial charge >= 0.3 is 0 Å². The number of nitrogens with zero attached hydrogens (tertiary/aromatic N) is 6. The van der Waals surface area contributed by atoms with Gasteiger partial charge in [-0.2, -0.15) is 0 Å². The highest BCUT2D eigenvalue weighted by Crippen LogP contribution is 2.18. The number of piperazine rings is 1. The van der Waals surface area contributed by atoms with Gasteiger partial charge in [0.05, 0.1) is 19.4 Å². The lowest BCUT2D eigenvalue weighted by Gasteiger charge is -2.34. The molecular formula is C22H26N6O2S. The first-order valence-corrected chi connectivity index (χ1v) is 11.3. The van der Waals surface area contributed by atoms with E-state index < -0.39 is 0 Å². The highest BCUT2D eigenvalue weighted by Gasteiger charge is 2.22. The molecule has 0 atom stereocenters. The highest BCUT2D eigenvalue weighted by atomic mass is 32.2. The van der Waals surface area contributed by atoms with E-state index in [1.807, 2.05) is 35.2 Å². The molecule has 31 heavy (non-hydrogen) atoms. The molecule has 0 spiro atoms. The molecule has 0 unspecified atom stereocenters. The van der Waals surface area contributed by atoms with Gasteiger partial charge in [-0.1, -0.05) is 54.2 Å². The molecule has 0 radical (unpaired) electrons. The first-order chi connectivity index (χ1) is 15.2. The predicted molar refractivity (Wildman–Crippen MR) is 119 cm³/mol. The van der Waals surface area contributed by atoms with E-state index in [4.69, 9.17) is 4.74 Å². The van der Waals surface area contributed by atoms with E-state index in [0.717, 1.165) is 44.0 Å². The number of tetrazole rings is 1. The van der Waals surface area contributed by atoms with E-state index >= 15 is 0 Å². The van der Waals surface area contributed by atoms with Crippen molar-refractivity contribution in [2.24, 2.45) is 0 Å². The molecule has 9 heteroatoms. The van der Waals surface area contributed by atoms with Crippen molar-refractivity contribution in [2.45, 2.75) is 18.2 Å². The van der Waals surface area contributed by atoms with E-state index in [9.17, 15) is 4.79 Å². The molecular weight excluding hydrogens is 412 g/mol. The molecule has 1 fully saturated rings. The fourth-order valence-corrected chi connectivity index (χ4v) is 4.30. The van der Waals surface area contributed by atoms with Crippen LogP contribution in [0.3, 0.4) is 0 Å². The van der Waals surface area contributed by atoms with Crippen molar-refractivity contribution in [2.75, 3.05) is 39.0 Å². The second-order valence-electron chi connectivity index (χ2n) is 7.40. The summed E-state index contributed by atoms with van der Waals surface area (Å²) in [6.07, 6.45) is 0. The maximum atomic E-state index is 12.7. The molecule has 1 aliphatic heterocycles. The van der Waals surface area contributed by atoms with Gasteiger partial charge in [0.1, 0.15) is 5.75 Å². The normalized spacial score (nSPS) is 14.5. The standard InChI is InChI=1S/C22H26N6O2S/c1-30-20-9-7-19(8-10-20)16-28-22(23-24-25-28)31-17-21(29)27-13-11-26(12-14-27)15-18-5-3-2-4-6-18/h2-10H,11-17H2,1H3. The van der Waals surface area contributed by atoms with Crippen molar-refractivity contribution in [1.82, 2.24) is 30.0 Å². The molecule has 3 aromatic rings. The summed E-state index contributed by atoms with van der Waals surface area (Å²) in [5, 5.41) is 12.6. The average molecular weight is 439 g/mol. The van der Waals surface area contributed by atoms with Crippen molar-refractivity contribution in [3.8, 4) is 5.75 Å². The van der Waals surface area contributed by atoms with Gasteiger partial charge in [0.25, 0.3) is 0 Å². The van der Waals surface area contributed by atoms with Crippen LogP contribution >= 0.6 is 11.8 Å². The average Bonchev–Trinajstić information content (AvgIpc) is 3.26. The number of hydrogen-bond donors (Lipinski definition) is 0. The molecule has 0 aliphatic carbocycles. The third-order valence-corrected chi connectivity index (χ3v) is 6.23. The number of methoxy groups -OCH3 is 1. The summed E-state index contributed by atoms with van der Waals surface area (Å²) in [7, 11) is 1.64. The summed E-state index contributed by atoms with van der Waals surface area (Å²) >= 11 is 1.38. The molecule has 1 aliphatic rings. The maximum Gasteiger partial charge on any atom is 0.233 e. The quantitative estimate of drug-likeness (QED) is 0.499. The Morgan fingerprint density at radius 2 is 1.68 bits per heavy atom. The fraction of sp³-hybridized carbons (Fsp3) is 0.364. The Hall–Kier alpha value is -2.91. The van der Waals surface area contributed by atoms with Crippen molar-refractivity contribution in [1.29, 1.82) is 0 Å². The lowest BCUT2D eigenvalue weighted by Crippen LogP contribution is -2.48. The molecule has 2 heterocycles. The molecule has 0 saturated carbocycles. The summed E-state index contributed by atoms with van der Waals surface area (Å²) in [6.45, 7) is 4.76. The van der Waals surface area contributed by atoms with Crippen LogP contribution in [0.25, 0.3) is 0 Å². The number of carbonyl (C=O) groups excluding carboxylic acids is 1. The number of hydrogen-bond acceptors (Lipinski definition) is 7. The van der Waals surface area contributed by atoms with Crippen molar-refractivity contribution in [3.63, 3.8) is 0 Å². The van der Waals surface area contributed by atoms with E-state index in [0.29, 0.717) is 17.5 Å². The Bertz CT molecular complexity index is 971. The number of aromatic nitrogens is 4. The summed E-state index contributed by atoms with van der Waals surface area (Å²) in [4.78, 5) is 17.0. The Kier molecular flexibility index (Phi) is 7.16. The van der Waals surface area contributed by atoms with Crippen LogP contribution in [0.1, 0.15) is 11.1 Å². The second-order valence-corrected chi connectivity index (χ2v) is 8.34.